The minimum Gasteiger partial charge on any atom is -0.359 e. The van der Waals surface area contributed by atoms with Crippen LogP contribution in [0.3, 0.4) is 0 Å². The fourth-order valence-corrected chi connectivity index (χ4v) is 3.68. The van der Waals surface area contributed by atoms with Crippen molar-refractivity contribution in [3.05, 3.63) is 21.4 Å². The van der Waals surface area contributed by atoms with E-state index < -0.39 is 0 Å². The molecule has 0 radical (unpaired) electrons. The van der Waals surface area contributed by atoms with Gasteiger partial charge in [0.05, 0.1) is 4.88 Å². The Labute approximate surface area is 129 Å². The monoisotopic (exact) mass is 311 g/mol. The van der Waals surface area contributed by atoms with Crippen molar-refractivity contribution in [3.63, 3.8) is 0 Å². The van der Waals surface area contributed by atoms with Crippen LogP contribution in [0.2, 0.25) is 0 Å². The maximum absolute atomic E-state index is 12.1. The van der Waals surface area contributed by atoms with Crippen LogP contribution in [0.5, 0.6) is 0 Å². The van der Waals surface area contributed by atoms with E-state index in [1.54, 1.807) is 11.3 Å². The zero-order chi connectivity index (χ0) is 14.7. The van der Waals surface area contributed by atoms with E-state index in [-0.39, 0.29) is 11.9 Å². The second-order valence-electron chi connectivity index (χ2n) is 5.61. The molecular weight excluding hydrogens is 290 g/mol. The first-order chi connectivity index (χ1) is 9.45. The maximum atomic E-state index is 12.1. The van der Waals surface area contributed by atoms with Crippen LogP contribution >= 0.6 is 23.6 Å². The maximum Gasteiger partial charge on any atom is 0.279 e. The molecule has 1 atom stereocenters. The van der Waals surface area contributed by atoms with Gasteiger partial charge in [-0.1, -0.05) is 6.92 Å². The number of nitrogens with one attached hydrogen (secondary N) is 3. The molecule has 0 unspecified atom stereocenters. The van der Waals surface area contributed by atoms with Crippen molar-refractivity contribution in [2.75, 3.05) is 0 Å². The Balaban J connectivity index is 1.92. The number of fused-ring (bicyclic) bond motifs is 1. The SMILES string of the molecule is CC(C)NC(=S)NNC(=O)c1cc2c(s1)CC[C@H](C)C2. The van der Waals surface area contributed by atoms with Crippen LogP contribution < -0.4 is 16.2 Å². The summed E-state index contributed by atoms with van der Waals surface area (Å²) in [5.41, 5.74) is 6.71. The van der Waals surface area contributed by atoms with Crippen molar-refractivity contribution in [3.8, 4) is 0 Å². The van der Waals surface area contributed by atoms with Crippen molar-refractivity contribution in [1.29, 1.82) is 0 Å². The van der Waals surface area contributed by atoms with Gasteiger partial charge >= 0.3 is 0 Å². The molecule has 3 N–H and O–H groups in total. The minimum absolute atomic E-state index is 0.120. The largest absolute Gasteiger partial charge is 0.359 e. The molecule has 1 aliphatic rings. The van der Waals surface area contributed by atoms with E-state index in [4.69, 9.17) is 12.2 Å². The van der Waals surface area contributed by atoms with Gasteiger partial charge in [0.2, 0.25) is 0 Å². The number of hydrazine groups is 1. The molecule has 2 rings (SSSR count). The molecule has 0 bridgehead atoms. The summed E-state index contributed by atoms with van der Waals surface area (Å²) in [6.07, 6.45) is 3.39. The second-order valence-corrected chi connectivity index (χ2v) is 7.16. The Hall–Kier alpha value is -1.14. The molecule has 6 heteroatoms. The molecule has 0 saturated heterocycles. The Bertz CT molecular complexity index is 511. The Morgan fingerprint density at radius 1 is 1.45 bits per heavy atom. The number of hydrogen-bond donors (Lipinski definition) is 3. The normalized spacial score (nSPS) is 17.5. The van der Waals surface area contributed by atoms with Crippen LogP contribution in [0.4, 0.5) is 0 Å². The van der Waals surface area contributed by atoms with Gasteiger partial charge in [-0.2, -0.15) is 0 Å². The number of thiophene rings is 1. The van der Waals surface area contributed by atoms with E-state index in [1.165, 1.54) is 16.9 Å². The van der Waals surface area contributed by atoms with E-state index in [0.29, 0.717) is 11.0 Å². The zero-order valence-electron chi connectivity index (χ0n) is 12.1. The minimum atomic E-state index is -0.120. The number of aryl methyl sites for hydroxylation is 1. The molecular formula is C14H21N3OS2. The van der Waals surface area contributed by atoms with Crippen LogP contribution in [0.1, 0.15) is 47.3 Å². The van der Waals surface area contributed by atoms with E-state index in [0.717, 1.165) is 17.7 Å². The Kier molecular flexibility index (Phi) is 4.99. The lowest BCUT2D eigenvalue weighted by Gasteiger charge is -2.16. The topological polar surface area (TPSA) is 53.2 Å². The summed E-state index contributed by atoms with van der Waals surface area (Å²) in [7, 11) is 0. The summed E-state index contributed by atoms with van der Waals surface area (Å²) in [5.74, 6) is 0.596. The van der Waals surface area contributed by atoms with Crippen molar-refractivity contribution in [2.24, 2.45) is 5.92 Å². The fourth-order valence-electron chi connectivity index (χ4n) is 2.29. The molecule has 0 aliphatic heterocycles. The first kappa shape index (κ1) is 15.3. The number of carbonyl (C=O) groups is 1. The third-order valence-corrected chi connectivity index (χ3v) is 4.72. The van der Waals surface area contributed by atoms with Gasteiger partial charge in [-0.15, -0.1) is 11.3 Å². The average Bonchev–Trinajstić information content (AvgIpc) is 2.78. The summed E-state index contributed by atoms with van der Waals surface area (Å²) < 4.78 is 0. The lowest BCUT2D eigenvalue weighted by molar-refractivity contribution is 0.0947. The standard InChI is InChI=1S/C14H21N3OS2/c1-8(2)15-14(19)17-16-13(18)12-7-10-6-9(3)4-5-11(10)20-12/h7-9H,4-6H2,1-3H3,(H,16,18)(H2,15,17,19)/t9-/m0/s1. The molecule has 1 amide bonds. The van der Waals surface area contributed by atoms with Crippen LogP contribution in [0, 0.1) is 5.92 Å². The van der Waals surface area contributed by atoms with Gasteiger partial charge in [0, 0.05) is 10.9 Å². The van der Waals surface area contributed by atoms with Crippen molar-refractivity contribution < 1.29 is 4.79 Å². The lowest BCUT2D eigenvalue weighted by atomic mass is 9.90. The molecule has 20 heavy (non-hydrogen) atoms. The van der Waals surface area contributed by atoms with Gasteiger partial charge in [0.15, 0.2) is 5.11 Å². The predicted molar refractivity (Wildman–Crippen MR) is 87.0 cm³/mol. The molecule has 0 fully saturated rings. The first-order valence-electron chi connectivity index (χ1n) is 6.94. The van der Waals surface area contributed by atoms with Crippen LogP contribution in [-0.4, -0.2) is 17.1 Å². The fraction of sp³-hybridized carbons (Fsp3) is 0.571. The highest BCUT2D eigenvalue weighted by atomic mass is 32.1. The molecule has 0 aromatic carbocycles. The highest BCUT2D eigenvalue weighted by molar-refractivity contribution is 7.80. The summed E-state index contributed by atoms with van der Waals surface area (Å²) in [5, 5.41) is 3.45. The predicted octanol–water partition coefficient (Wildman–Crippen LogP) is 2.39. The quantitative estimate of drug-likeness (QED) is 0.580. The lowest BCUT2D eigenvalue weighted by Crippen LogP contribution is -2.48. The highest BCUT2D eigenvalue weighted by Crippen LogP contribution is 2.31. The molecule has 110 valence electrons. The molecule has 1 heterocycles. The Morgan fingerprint density at radius 2 is 2.20 bits per heavy atom. The van der Waals surface area contributed by atoms with Gasteiger partial charge in [0.1, 0.15) is 0 Å². The molecule has 1 aromatic heterocycles. The van der Waals surface area contributed by atoms with Crippen LogP contribution in [-0.2, 0) is 12.8 Å². The van der Waals surface area contributed by atoms with Gasteiger partial charge in [-0.25, -0.2) is 0 Å². The average molecular weight is 311 g/mol. The van der Waals surface area contributed by atoms with Crippen molar-refractivity contribution in [1.82, 2.24) is 16.2 Å². The van der Waals surface area contributed by atoms with Crippen molar-refractivity contribution >= 4 is 34.6 Å². The number of thiocarbonyl (C=S) groups is 1. The molecule has 1 aromatic rings. The highest BCUT2D eigenvalue weighted by Gasteiger charge is 2.20. The van der Waals surface area contributed by atoms with E-state index in [1.807, 2.05) is 19.9 Å². The molecule has 0 spiro atoms. The number of amides is 1. The van der Waals surface area contributed by atoms with Gasteiger partial charge in [0.25, 0.3) is 5.91 Å². The third-order valence-electron chi connectivity index (χ3n) is 3.26. The first-order valence-corrected chi connectivity index (χ1v) is 8.16. The van der Waals surface area contributed by atoms with Crippen LogP contribution in [0.25, 0.3) is 0 Å². The second kappa shape index (κ2) is 6.54. The Morgan fingerprint density at radius 3 is 2.90 bits per heavy atom. The molecule has 4 nitrogen and oxygen atoms in total. The summed E-state index contributed by atoms with van der Waals surface area (Å²) in [6.45, 7) is 6.24. The number of rotatable bonds is 2. The number of hydrogen-bond acceptors (Lipinski definition) is 3. The molecule has 0 saturated carbocycles. The van der Waals surface area contributed by atoms with Gasteiger partial charge in [-0.3, -0.25) is 15.6 Å². The smallest absolute Gasteiger partial charge is 0.279 e. The summed E-state index contributed by atoms with van der Waals surface area (Å²) in [6, 6.07) is 2.26. The van der Waals surface area contributed by atoms with Gasteiger partial charge in [-0.05, 0) is 62.9 Å². The van der Waals surface area contributed by atoms with Gasteiger partial charge < -0.3 is 5.32 Å². The van der Waals surface area contributed by atoms with E-state index in [9.17, 15) is 4.79 Å². The number of carbonyl (C=O) groups excluding carboxylic acids is 1. The van der Waals surface area contributed by atoms with E-state index in [2.05, 4.69) is 23.1 Å². The summed E-state index contributed by atoms with van der Waals surface area (Å²) in [4.78, 5) is 14.2. The van der Waals surface area contributed by atoms with E-state index >= 15 is 0 Å². The van der Waals surface area contributed by atoms with Crippen LogP contribution in [0.15, 0.2) is 6.07 Å². The zero-order valence-corrected chi connectivity index (χ0v) is 13.7. The van der Waals surface area contributed by atoms with Crippen molar-refractivity contribution in [2.45, 2.75) is 46.1 Å². The summed E-state index contributed by atoms with van der Waals surface area (Å²) >= 11 is 6.66. The third kappa shape index (κ3) is 3.93. The molecule has 1 aliphatic carbocycles.